The third kappa shape index (κ3) is 2.35. The Balaban J connectivity index is 2.11. The van der Waals surface area contributed by atoms with Crippen molar-refractivity contribution in [3.63, 3.8) is 0 Å². The Morgan fingerprint density at radius 1 is 1.14 bits per heavy atom. The Hall–Kier alpha value is -3.13. The van der Waals surface area contributed by atoms with Crippen molar-refractivity contribution in [1.29, 1.82) is 5.26 Å². The number of aromatic nitrogens is 1. The van der Waals surface area contributed by atoms with E-state index in [0.29, 0.717) is 11.4 Å². The third-order valence-electron chi connectivity index (χ3n) is 3.16. The van der Waals surface area contributed by atoms with Crippen molar-refractivity contribution >= 4 is 28.0 Å². The molecule has 0 radical (unpaired) electrons. The molecular weight excluding hydrogens is 267 g/mol. The monoisotopic (exact) mass is 278 g/mol. The molecule has 0 atom stereocenters. The SMILES string of the molecule is N#Cc1c(F)cccc1Nc1ccnc2cc(N)ccc12. The number of nitriles is 1. The van der Waals surface area contributed by atoms with Crippen LogP contribution in [0, 0.1) is 17.1 Å². The molecule has 21 heavy (non-hydrogen) atoms. The van der Waals surface area contributed by atoms with E-state index in [0.717, 1.165) is 16.6 Å². The van der Waals surface area contributed by atoms with E-state index in [1.807, 2.05) is 12.1 Å². The maximum Gasteiger partial charge on any atom is 0.143 e. The summed E-state index contributed by atoms with van der Waals surface area (Å²) in [4.78, 5) is 4.25. The fourth-order valence-corrected chi connectivity index (χ4v) is 2.16. The van der Waals surface area contributed by atoms with E-state index in [9.17, 15) is 4.39 Å². The highest BCUT2D eigenvalue weighted by Gasteiger charge is 2.09. The number of halogens is 1. The molecule has 1 heterocycles. The Bertz CT molecular complexity index is 868. The van der Waals surface area contributed by atoms with Crippen LogP contribution in [0.1, 0.15) is 5.56 Å². The van der Waals surface area contributed by atoms with Crippen LogP contribution in [0.3, 0.4) is 0 Å². The Morgan fingerprint density at radius 2 is 2.00 bits per heavy atom. The summed E-state index contributed by atoms with van der Waals surface area (Å²) in [6.45, 7) is 0. The molecule has 5 heteroatoms. The van der Waals surface area contributed by atoms with Gasteiger partial charge in [-0.1, -0.05) is 6.07 Å². The van der Waals surface area contributed by atoms with Crippen molar-refractivity contribution in [2.75, 3.05) is 11.1 Å². The molecule has 3 rings (SSSR count). The summed E-state index contributed by atoms with van der Waals surface area (Å²) in [5.74, 6) is -0.551. The van der Waals surface area contributed by atoms with Crippen LogP contribution in [-0.2, 0) is 0 Å². The van der Waals surface area contributed by atoms with Crippen LogP contribution in [0.15, 0.2) is 48.7 Å². The minimum absolute atomic E-state index is 0.0158. The van der Waals surface area contributed by atoms with Crippen molar-refractivity contribution in [3.05, 3.63) is 60.0 Å². The lowest BCUT2D eigenvalue weighted by atomic mass is 10.1. The Labute approximate surface area is 120 Å². The van der Waals surface area contributed by atoms with Crippen molar-refractivity contribution in [3.8, 4) is 6.07 Å². The first-order chi connectivity index (χ1) is 10.2. The first-order valence-corrected chi connectivity index (χ1v) is 6.29. The summed E-state index contributed by atoms with van der Waals surface area (Å²) in [5, 5.41) is 13.0. The number of nitrogens with one attached hydrogen (secondary N) is 1. The highest BCUT2D eigenvalue weighted by molar-refractivity contribution is 5.94. The summed E-state index contributed by atoms with van der Waals surface area (Å²) in [7, 11) is 0. The maximum absolute atomic E-state index is 13.6. The highest BCUT2D eigenvalue weighted by Crippen LogP contribution is 2.28. The van der Waals surface area contributed by atoms with Crippen LogP contribution in [-0.4, -0.2) is 4.98 Å². The molecule has 0 aliphatic heterocycles. The molecule has 102 valence electrons. The Morgan fingerprint density at radius 3 is 2.81 bits per heavy atom. The molecule has 3 N–H and O–H groups in total. The van der Waals surface area contributed by atoms with Gasteiger partial charge < -0.3 is 11.1 Å². The van der Waals surface area contributed by atoms with Gasteiger partial charge in [0.05, 0.1) is 11.2 Å². The quantitative estimate of drug-likeness (QED) is 0.703. The molecule has 0 aliphatic carbocycles. The lowest BCUT2D eigenvalue weighted by Gasteiger charge is -2.11. The van der Waals surface area contributed by atoms with Gasteiger partial charge in [-0.2, -0.15) is 5.26 Å². The van der Waals surface area contributed by atoms with Crippen LogP contribution in [0.5, 0.6) is 0 Å². The van der Waals surface area contributed by atoms with E-state index >= 15 is 0 Å². The molecule has 4 nitrogen and oxygen atoms in total. The van der Waals surface area contributed by atoms with Gasteiger partial charge in [0.15, 0.2) is 0 Å². The van der Waals surface area contributed by atoms with Crippen LogP contribution in [0.25, 0.3) is 10.9 Å². The predicted molar refractivity (Wildman–Crippen MR) is 80.6 cm³/mol. The molecule has 0 unspecified atom stereocenters. The van der Waals surface area contributed by atoms with Crippen molar-refractivity contribution in [1.82, 2.24) is 4.98 Å². The summed E-state index contributed by atoms with van der Waals surface area (Å²) in [6, 6.07) is 13.5. The first kappa shape index (κ1) is 12.9. The number of benzene rings is 2. The number of hydrogen-bond acceptors (Lipinski definition) is 4. The fraction of sp³-hybridized carbons (Fsp3) is 0. The Kier molecular flexibility index (Phi) is 3.13. The number of hydrogen-bond donors (Lipinski definition) is 2. The van der Waals surface area contributed by atoms with E-state index in [1.165, 1.54) is 6.07 Å². The topological polar surface area (TPSA) is 74.7 Å². The predicted octanol–water partition coefficient (Wildman–Crippen LogP) is 3.57. The second-order valence-electron chi connectivity index (χ2n) is 4.53. The molecule has 0 amide bonds. The second-order valence-corrected chi connectivity index (χ2v) is 4.53. The van der Waals surface area contributed by atoms with E-state index < -0.39 is 5.82 Å². The largest absolute Gasteiger partial charge is 0.399 e. The standard InChI is InChI=1S/C16H11FN4/c17-13-2-1-3-14(12(13)9-18)21-15-6-7-20-16-8-10(19)4-5-11(15)16/h1-8H,19H2,(H,20,21). The first-order valence-electron chi connectivity index (χ1n) is 6.29. The number of nitrogens with zero attached hydrogens (tertiary/aromatic N) is 2. The minimum atomic E-state index is -0.551. The van der Waals surface area contributed by atoms with E-state index in [-0.39, 0.29) is 5.56 Å². The molecule has 0 spiro atoms. The number of pyridine rings is 1. The lowest BCUT2D eigenvalue weighted by Crippen LogP contribution is -1.97. The van der Waals surface area contributed by atoms with Gasteiger partial charge in [0.2, 0.25) is 0 Å². The highest BCUT2D eigenvalue weighted by atomic mass is 19.1. The maximum atomic E-state index is 13.6. The van der Waals surface area contributed by atoms with Gasteiger partial charge in [-0.3, -0.25) is 4.98 Å². The zero-order valence-electron chi connectivity index (χ0n) is 11.0. The van der Waals surface area contributed by atoms with Gasteiger partial charge in [0, 0.05) is 23.0 Å². The molecular formula is C16H11FN4. The van der Waals surface area contributed by atoms with E-state index in [4.69, 9.17) is 11.0 Å². The van der Waals surface area contributed by atoms with Gasteiger partial charge in [-0.15, -0.1) is 0 Å². The average molecular weight is 278 g/mol. The number of anilines is 3. The van der Waals surface area contributed by atoms with Crippen LogP contribution in [0.2, 0.25) is 0 Å². The molecule has 0 saturated carbocycles. The normalized spacial score (nSPS) is 10.3. The molecule has 0 aliphatic rings. The van der Waals surface area contributed by atoms with Gasteiger partial charge >= 0.3 is 0 Å². The smallest absolute Gasteiger partial charge is 0.143 e. The summed E-state index contributed by atoms with van der Waals surface area (Å²) < 4.78 is 13.6. The van der Waals surface area contributed by atoms with E-state index in [1.54, 1.807) is 36.5 Å². The summed E-state index contributed by atoms with van der Waals surface area (Å²) in [6.07, 6.45) is 1.63. The lowest BCUT2D eigenvalue weighted by molar-refractivity contribution is 0.624. The second kappa shape index (κ2) is 5.10. The minimum Gasteiger partial charge on any atom is -0.399 e. The molecule has 0 fully saturated rings. The van der Waals surface area contributed by atoms with Crippen LogP contribution >= 0.6 is 0 Å². The molecule has 2 aromatic carbocycles. The summed E-state index contributed by atoms with van der Waals surface area (Å²) in [5.41, 5.74) is 8.23. The van der Waals surface area contributed by atoms with E-state index in [2.05, 4.69) is 10.3 Å². The van der Waals surface area contributed by atoms with Gasteiger partial charge in [-0.25, -0.2) is 4.39 Å². The van der Waals surface area contributed by atoms with Crippen molar-refractivity contribution in [2.24, 2.45) is 0 Å². The number of fused-ring (bicyclic) bond motifs is 1. The van der Waals surface area contributed by atoms with Crippen LogP contribution < -0.4 is 11.1 Å². The fourth-order valence-electron chi connectivity index (χ4n) is 2.16. The summed E-state index contributed by atoms with van der Waals surface area (Å²) >= 11 is 0. The average Bonchev–Trinajstić information content (AvgIpc) is 2.47. The van der Waals surface area contributed by atoms with Crippen molar-refractivity contribution in [2.45, 2.75) is 0 Å². The number of rotatable bonds is 2. The van der Waals surface area contributed by atoms with Gasteiger partial charge in [0.1, 0.15) is 17.4 Å². The third-order valence-corrected chi connectivity index (χ3v) is 3.16. The van der Waals surface area contributed by atoms with Crippen molar-refractivity contribution < 1.29 is 4.39 Å². The molecule has 0 saturated heterocycles. The van der Waals surface area contributed by atoms with Gasteiger partial charge in [0.25, 0.3) is 0 Å². The molecule has 1 aromatic heterocycles. The zero-order valence-corrected chi connectivity index (χ0v) is 11.0. The molecule has 3 aromatic rings. The van der Waals surface area contributed by atoms with Gasteiger partial charge in [-0.05, 0) is 36.4 Å². The van der Waals surface area contributed by atoms with Crippen LogP contribution in [0.4, 0.5) is 21.5 Å². The molecule has 0 bridgehead atoms. The zero-order chi connectivity index (χ0) is 14.8. The number of nitrogen functional groups attached to an aromatic ring is 1. The number of nitrogens with two attached hydrogens (primary N) is 1.